The normalized spacial score (nSPS) is 16.0. The molecule has 1 unspecified atom stereocenters. The number of hydrogen-bond donors (Lipinski definition) is 0. The Morgan fingerprint density at radius 1 is 0.926 bits per heavy atom. The van der Waals surface area contributed by atoms with Crippen LogP contribution < -0.4 is 14.2 Å². The Balaban J connectivity index is 1.56. The van der Waals surface area contributed by atoms with Gasteiger partial charge in [-0.15, -0.1) is 0 Å². The topological polar surface area (TPSA) is 27.7 Å². The first kappa shape index (κ1) is 17.5. The quantitative estimate of drug-likeness (QED) is 0.581. The zero-order valence-electron chi connectivity index (χ0n) is 15.6. The highest BCUT2D eigenvalue weighted by Gasteiger charge is 2.20. The molecule has 0 spiro atoms. The molecule has 0 radical (unpaired) electrons. The van der Waals surface area contributed by atoms with Gasteiger partial charge < -0.3 is 14.2 Å². The Hall–Kier alpha value is -2.94. The van der Waals surface area contributed by atoms with E-state index in [4.69, 9.17) is 14.2 Å². The summed E-state index contributed by atoms with van der Waals surface area (Å²) in [5.41, 5.74) is 3.54. The Morgan fingerprint density at radius 2 is 1.74 bits per heavy atom. The minimum atomic E-state index is 0.0265. The molecule has 1 heterocycles. The lowest BCUT2D eigenvalue weighted by atomic mass is 10.0. The molecule has 0 N–H and O–H groups in total. The Kier molecular flexibility index (Phi) is 5.29. The van der Waals surface area contributed by atoms with Gasteiger partial charge in [0.05, 0.1) is 7.11 Å². The zero-order valence-corrected chi connectivity index (χ0v) is 15.6. The van der Waals surface area contributed by atoms with Gasteiger partial charge in [-0.1, -0.05) is 54.6 Å². The summed E-state index contributed by atoms with van der Waals surface area (Å²) >= 11 is 0. The number of aryl methyl sites for hydroxylation is 1. The molecule has 0 saturated carbocycles. The van der Waals surface area contributed by atoms with Crippen molar-refractivity contribution in [3.8, 4) is 17.2 Å². The average molecular weight is 360 g/mol. The van der Waals surface area contributed by atoms with E-state index in [0.717, 1.165) is 47.6 Å². The van der Waals surface area contributed by atoms with E-state index >= 15 is 0 Å². The summed E-state index contributed by atoms with van der Waals surface area (Å²) in [7, 11) is 1.67. The van der Waals surface area contributed by atoms with Crippen molar-refractivity contribution in [2.24, 2.45) is 0 Å². The highest BCUT2D eigenvalue weighted by atomic mass is 16.5. The largest absolute Gasteiger partial charge is 0.493 e. The van der Waals surface area contributed by atoms with Crippen molar-refractivity contribution >= 4 is 0 Å². The van der Waals surface area contributed by atoms with E-state index in [-0.39, 0.29) is 6.10 Å². The first-order chi connectivity index (χ1) is 13.3. The number of fused-ring (bicyclic) bond motifs is 1. The number of para-hydroxylation sites is 1. The summed E-state index contributed by atoms with van der Waals surface area (Å²) in [6, 6.07) is 24.6. The van der Waals surface area contributed by atoms with Crippen molar-refractivity contribution in [1.82, 2.24) is 0 Å². The molecule has 1 aliphatic heterocycles. The molecule has 0 amide bonds. The Morgan fingerprint density at radius 3 is 2.59 bits per heavy atom. The molecular weight excluding hydrogens is 336 g/mol. The molecule has 3 nitrogen and oxygen atoms in total. The van der Waals surface area contributed by atoms with Gasteiger partial charge in [0.15, 0.2) is 11.5 Å². The van der Waals surface area contributed by atoms with Crippen LogP contribution in [0.25, 0.3) is 0 Å². The average Bonchev–Trinajstić information content (AvgIpc) is 2.95. The van der Waals surface area contributed by atoms with Gasteiger partial charge in [-0.2, -0.15) is 0 Å². The van der Waals surface area contributed by atoms with E-state index in [1.807, 2.05) is 30.3 Å². The minimum absolute atomic E-state index is 0.0265. The summed E-state index contributed by atoms with van der Waals surface area (Å²) in [6.45, 7) is 0.509. The number of ether oxygens (including phenoxy) is 3. The van der Waals surface area contributed by atoms with Crippen LogP contribution in [0.4, 0.5) is 0 Å². The molecule has 0 aromatic heterocycles. The lowest BCUT2D eigenvalue weighted by Crippen LogP contribution is -2.07. The molecule has 0 aliphatic carbocycles. The summed E-state index contributed by atoms with van der Waals surface area (Å²) < 4.78 is 17.9. The van der Waals surface area contributed by atoms with Crippen LogP contribution in [0.5, 0.6) is 17.2 Å². The van der Waals surface area contributed by atoms with Crippen molar-refractivity contribution in [3.05, 3.63) is 89.5 Å². The monoisotopic (exact) mass is 360 g/mol. The van der Waals surface area contributed by atoms with Crippen LogP contribution in [0.3, 0.4) is 0 Å². The van der Waals surface area contributed by atoms with Gasteiger partial charge >= 0.3 is 0 Å². The van der Waals surface area contributed by atoms with Crippen LogP contribution >= 0.6 is 0 Å². The predicted molar refractivity (Wildman–Crippen MR) is 107 cm³/mol. The molecule has 27 heavy (non-hydrogen) atoms. The van der Waals surface area contributed by atoms with Crippen molar-refractivity contribution in [3.63, 3.8) is 0 Å². The second-order valence-corrected chi connectivity index (χ2v) is 6.79. The predicted octanol–water partition coefficient (Wildman–Crippen LogP) is 5.73. The second-order valence-electron chi connectivity index (χ2n) is 6.79. The fourth-order valence-electron chi connectivity index (χ4n) is 3.49. The molecule has 3 aromatic rings. The van der Waals surface area contributed by atoms with Gasteiger partial charge in [-0.3, -0.25) is 0 Å². The lowest BCUT2D eigenvalue weighted by Gasteiger charge is -2.20. The molecule has 3 heteroatoms. The van der Waals surface area contributed by atoms with E-state index in [2.05, 4.69) is 42.5 Å². The smallest absolute Gasteiger partial charge is 0.162 e. The van der Waals surface area contributed by atoms with Crippen LogP contribution in [-0.4, -0.2) is 7.11 Å². The molecule has 0 saturated heterocycles. The van der Waals surface area contributed by atoms with E-state index in [0.29, 0.717) is 6.61 Å². The standard InChI is InChI=1S/C24H24O3/c1-25-23-15-14-20(16-24(23)26-17-18-8-3-2-4-9-18)22-13-7-11-19-10-5-6-12-21(19)27-22/h2-6,8-10,12,14-16,22H,7,11,13,17H2,1H3. The number of benzene rings is 3. The van der Waals surface area contributed by atoms with Gasteiger partial charge in [0.1, 0.15) is 18.5 Å². The van der Waals surface area contributed by atoms with Crippen molar-refractivity contribution in [2.75, 3.05) is 7.11 Å². The molecule has 0 fully saturated rings. The number of hydrogen-bond acceptors (Lipinski definition) is 3. The van der Waals surface area contributed by atoms with E-state index < -0.39 is 0 Å². The first-order valence-electron chi connectivity index (χ1n) is 9.43. The fourth-order valence-corrected chi connectivity index (χ4v) is 3.49. The van der Waals surface area contributed by atoms with Crippen LogP contribution in [0, 0.1) is 0 Å². The third-order valence-electron chi connectivity index (χ3n) is 4.95. The van der Waals surface area contributed by atoms with E-state index in [1.54, 1.807) is 7.11 Å². The maximum absolute atomic E-state index is 6.34. The van der Waals surface area contributed by atoms with Crippen LogP contribution in [0.1, 0.15) is 35.6 Å². The Labute approximate surface area is 160 Å². The van der Waals surface area contributed by atoms with Gasteiger partial charge in [0, 0.05) is 0 Å². The summed E-state index contributed by atoms with van der Waals surface area (Å²) in [5.74, 6) is 2.48. The van der Waals surface area contributed by atoms with Gasteiger partial charge in [-0.05, 0) is 54.2 Å². The maximum Gasteiger partial charge on any atom is 0.162 e. The molecule has 1 atom stereocenters. The van der Waals surface area contributed by atoms with E-state index in [9.17, 15) is 0 Å². The second kappa shape index (κ2) is 8.17. The molecule has 4 rings (SSSR count). The summed E-state index contributed by atoms with van der Waals surface area (Å²) in [4.78, 5) is 0. The lowest BCUT2D eigenvalue weighted by molar-refractivity contribution is 0.198. The summed E-state index contributed by atoms with van der Waals surface area (Å²) in [6.07, 6.45) is 3.17. The van der Waals surface area contributed by atoms with Crippen LogP contribution in [0.2, 0.25) is 0 Å². The third kappa shape index (κ3) is 4.08. The van der Waals surface area contributed by atoms with Gasteiger partial charge in [0.2, 0.25) is 0 Å². The van der Waals surface area contributed by atoms with Crippen molar-refractivity contribution in [1.29, 1.82) is 0 Å². The zero-order chi connectivity index (χ0) is 18.5. The molecule has 0 bridgehead atoms. The maximum atomic E-state index is 6.34. The van der Waals surface area contributed by atoms with E-state index in [1.165, 1.54) is 5.56 Å². The SMILES string of the molecule is COc1ccc(C2CCCc3ccccc3O2)cc1OCc1ccccc1. The van der Waals surface area contributed by atoms with Crippen LogP contribution in [0.15, 0.2) is 72.8 Å². The molecule has 138 valence electrons. The summed E-state index contributed by atoms with van der Waals surface area (Å²) in [5, 5.41) is 0. The highest BCUT2D eigenvalue weighted by molar-refractivity contribution is 5.44. The minimum Gasteiger partial charge on any atom is -0.493 e. The number of methoxy groups -OCH3 is 1. The Bertz CT molecular complexity index is 889. The number of rotatable bonds is 5. The molecular formula is C24H24O3. The van der Waals surface area contributed by atoms with Crippen molar-refractivity contribution in [2.45, 2.75) is 32.0 Å². The molecule has 3 aromatic carbocycles. The third-order valence-corrected chi connectivity index (χ3v) is 4.95. The molecule has 1 aliphatic rings. The fraction of sp³-hybridized carbons (Fsp3) is 0.250. The van der Waals surface area contributed by atoms with Crippen molar-refractivity contribution < 1.29 is 14.2 Å². The van der Waals surface area contributed by atoms with Gasteiger partial charge in [-0.25, -0.2) is 0 Å². The van der Waals surface area contributed by atoms with Gasteiger partial charge in [0.25, 0.3) is 0 Å². The first-order valence-corrected chi connectivity index (χ1v) is 9.43. The highest BCUT2D eigenvalue weighted by Crippen LogP contribution is 2.37. The van der Waals surface area contributed by atoms with Crippen LogP contribution in [-0.2, 0) is 13.0 Å².